The highest BCUT2D eigenvalue weighted by atomic mass is 35.5. The minimum absolute atomic E-state index is 0.108. The van der Waals surface area contributed by atoms with E-state index in [4.69, 9.17) is 16.3 Å². The van der Waals surface area contributed by atoms with Gasteiger partial charge in [0.1, 0.15) is 10.6 Å². The van der Waals surface area contributed by atoms with Crippen molar-refractivity contribution < 1.29 is 22.7 Å². The molecule has 0 radical (unpaired) electrons. The zero-order chi connectivity index (χ0) is 21.0. The van der Waals surface area contributed by atoms with Crippen LogP contribution < -0.4 is 19.5 Å². The van der Waals surface area contributed by atoms with Gasteiger partial charge in [-0.15, -0.1) is 0 Å². The van der Waals surface area contributed by atoms with E-state index in [0.29, 0.717) is 15.4 Å². The van der Waals surface area contributed by atoms with Crippen molar-refractivity contribution in [3.63, 3.8) is 0 Å². The lowest BCUT2D eigenvalue weighted by Gasteiger charge is -2.14. The second-order valence-corrected chi connectivity index (χ2v) is 7.97. The number of halogens is 1. The van der Waals surface area contributed by atoms with Gasteiger partial charge in [0.25, 0.3) is 15.9 Å². The third-order valence-corrected chi connectivity index (χ3v) is 5.53. The molecule has 3 rings (SSSR count). The number of carbonyl (C=O) groups is 1. The van der Waals surface area contributed by atoms with Crippen LogP contribution in [-0.4, -0.2) is 21.4 Å². The third kappa shape index (κ3) is 4.95. The summed E-state index contributed by atoms with van der Waals surface area (Å²) in [6, 6.07) is 13.1. The van der Waals surface area contributed by atoms with Gasteiger partial charge in [-0.1, -0.05) is 11.6 Å². The second kappa shape index (κ2) is 8.38. The van der Waals surface area contributed by atoms with Crippen LogP contribution in [0.25, 0.3) is 0 Å². The molecule has 8 nitrogen and oxygen atoms in total. The average molecular weight is 434 g/mol. The lowest BCUT2D eigenvalue weighted by molar-refractivity contribution is -0.605. The van der Waals surface area contributed by atoms with Crippen molar-refractivity contribution in [1.82, 2.24) is 0 Å². The Kier molecular flexibility index (Phi) is 5.90. The Hall–Kier alpha value is -3.30. The highest BCUT2D eigenvalue weighted by Gasteiger charge is 2.21. The molecule has 1 aromatic heterocycles. The summed E-state index contributed by atoms with van der Waals surface area (Å²) in [4.78, 5) is 12.2. The molecule has 0 aliphatic carbocycles. The summed E-state index contributed by atoms with van der Waals surface area (Å²) in [5.74, 6) is -0.388. The van der Waals surface area contributed by atoms with Crippen LogP contribution in [0.2, 0.25) is 5.02 Å². The minimum atomic E-state index is -4.01. The van der Waals surface area contributed by atoms with Gasteiger partial charge in [-0.25, -0.2) is 8.42 Å². The van der Waals surface area contributed by atoms with E-state index < -0.39 is 15.9 Å². The van der Waals surface area contributed by atoms with Crippen LogP contribution in [0.4, 0.5) is 11.4 Å². The molecule has 2 N–H and O–H groups in total. The van der Waals surface area contributed by atoms with Crippen LogP contribution in [0.1, 0.15) is 10.4 Å². The molecular formula is C19H16ClN3O5S. The number of rotatable bonds is 6. The molecule has 0 atom stereocenters. The molecule has 1 amide bonds. The lowest BCUT2D eigenvalue weighted by Crippen LogP contribution is -2.25. The van der Waals surface area contributed by atoms with Crippen molar-refractivity contribution in [2.45, 2.75) is 4.90 Å². The quantitative estimate of drug-likeness (QED) is 0.458. The SMILES string of the molecule is COc1ccc(NC(=O)c2cc[n+]([O-])cc2)cc1S(=O)(=O)Nc1ccc(Cl)cc1. The molecule has 0 fully saturated rings. The molecule has 0 aliphatic rings. The van der Waals surface area contributed by atoms with Gasteiger partial charge < -0.3 is 15.3 Å². The van der Waals surface area contributed by atoms with Crippen molar-refractivity contribution in [1.29, 1.82) is 0 Å². The summed E-state index contributed by atoms with van der Waals surface area (Å²) in [7, 11) is -2.67. The molecule has 0 saturated heterocycles. The molecule has 0 saturated carbocycles. The number of sulfonamides is 1. The van der Waals surface area contributed by atoms with Gasteiger partial charge in [0.15, 0.2) is 12.4 Å². The second-order valence-electron chi connectivity index (χ2n) is 5.88. The van der Waals surface area contributed by atoms with E-state index in [1.807, 2.05) is 0 Å². The molecule has 2 aromatic carbocycles. The number of ether oxygens (including phenoxy) is 1. The average Bonchev–Trinajstić information content (AvgIpc) is 2.70. The number of carbonyl (C=O) groups excluding carboxylic acids is 1. The van der Waals surface area contributed by atoms with Gasteiger partial charge in [-0.2, -0.15) is 4.73 Å². The summed E-state index contributed by atoms with van der Waals surface area (Å²) in [6.07, 6.45) is 2.38. The number of nitrogens with one attached hydrogen (secondary N) is 2. The normalized spacial score (nSPS) is 11.0. The molecule has 29 heavy (non-hydrogen) atoms. The number of amides is 1. The number of pyridine rings is 1. The van der Waals surface area contributed by atoms with E-state index in [-0.39, 0.29) is 21.9 Å². The molecule has 0 aliphatic heterocycles. The fourth-order valence-electron chi connectivity index (χ4n) is 2.46. The van der Waals surface area contributed by atoms with E-state index >= 15 is 0 Å². The first-order valence-corrected chi connectivity index (χ1v) is 10.1. The van der Waals surface area contributed by atoms with Crippen molar-refractivity contribution in [2.24, 2.45) is 0 Å². The number of aromatic nitrogens is 1. The maximum absolute atomic E-state index is 12.8. The minimum Gasteiger partial charge on any atom is -0.619 e. The van der Waals surface area contributed by atoms with Crippen molar-refractivity contribution in [3.05, 3.63) is 82.8 Å². The fraction of sp³-hybridized carbons (Fsp3) is 0.0526. The highest BCUT2D eigenvalue weighted by Crippen LogP contribution is 2.29. The monoisotopic (exact) mass is 433 g/mol. The van der Waals surface area contributed by atoms with Crippen LogP contribution >= 0.6 is 11.6 Å². The van der Waals surface area contributed by atoms with E-state index in [1.54, 1.807) is 12.1 Å². The number of hydrogen-bond acceptors (Lipinski definition) is 5. The number of methoxy groups -OCH3 is 1. The summed E-state index contributed by atoms with van der Waals surface area (Å²) in [5, 5.41) is 14.2. The van der Waals surface area contributed by atoms with Crippen LogP contribution in [0, 0.1) is 5.21 Å². The first-order valence-electron chi connectivity index (χ1n) is 8.25. The zero-order valence-electron chi connectivity index (χ0n) is 15.1. The highest BCUT2D eigenvalue weighted by molar-refractivity contribution is 7.92. The van der Waals surface area contributed by atoms with E-state index in [0.717, 1.165) is 0 Å². The summed E-state index contributed by atoms with van der Waals surface area (Å²) in [6.45, 7) is 0. The predicted octanol–water partition coefficient (Wildman–Crippen LogP) is 3.04. The first-order chi connectivity index (χ1) is 13.8. The van der Waals surface area contributed by atoms with Crippen molar-refractivity contribution in [3.8, 4) is 5.75 Å². The molecular weight excluding hydrogens is 418 g/mol. The van der Waals surface area contributed by atoms with E-state index in [2.05, 4.69) is 10.0 Å². The van der Waals surface area contributed by atoms with Crippen LogP contribution in [-0.2, 0) is 10.0 Å². The van der Waals surface area contributed by atoms with E-state index in [9.17, 15) is 18.4 Å². The maximum atomic E-state index is 12.8. The summed E-state index contributed by atoms with van der Waals surface area (Å²) < 4.78 is 33.8. The smallest absolute Gasteiger partial charge is 0.265 e. The Bertz CT molecular complexity index is 1130. The zero-order valence-corrected chi connectivity index (χ0v) is 16.7. The van der Waals surface area contributed by atoms with Crippen LogP contribution in [0.15, 0.2) is 71.9 Å². The van der Waals surface area contributed by atoms with Crippen molar-refractivity contribution in [2.75, 3.05) is 17.1 Å². The predicted molar refractivity (Wildman–Crippen MR) is 109 cm³/mol. The summed E-state index contributed by atoms with van der Waals surface area (Å²) in [5.41, 5.74) is 0.809. The molecule has 1 heterocycles. The molecule has 3 aromatic rings. The van der Waals surface area contributed by atoms with Gasteiger partial charge in [0.05, 0.1) is 12.7 Å². The molecule has 10 heteroatoms. The largest absolute Gasteiger partial charge is 0.619 e. The lowest BCUT2D eigenvalue weighted by atomic mass is 10.2. The number of nitrogens with zero attached hydrogens (tertiary/aromatic N) is 1. The Morgan fingerprint density at radius 3 is 2.28 bits per heavy atom. The Labute approximate surface area is 172 Å². The molecule has 150 valence electrons. The van der Waals surface area contributed by atoms with E-state index in [1.165, 1.54) is 62.0 Å². The molecule has 0 unspecified atom stereocenters. The van der Waals surface area contributed by atoms with Gasteiger partial charge in [0.2, 0.25) is 0 Å². The third-order valence-electron chi connectivity index (χ3n) is 3.87. The van der Waals surface area contributed by atoms with Gasteiger partial charge in [-0.05, 0) is 42.5 Å². The van der Waals surface area contributed by atoms with Gasteiger partial charge in [0, 0.05) is 28.5 Å². The molecule has 0 bridgehead atoms. The first kappa shape index (κ1) is 20.4. The maximum Gasteiger partial charge on any atom is 0.265 e. The van der Waals surface area contributed by atoms with Crippen LogP contribution in [0.5, 0.6) is 5.75 Å². The molecule has 0 spiro atoms. The Morgan fingerprint density at radius 1 is 1.03 bits per heavy atom. The number of hydrogen-bond donors (Lipinski definition) is 2. The Morgan fingerprint density at radius 2 is 1.66 bits per heavy atom. The standard InChI is InChI=1S/C19H16ClN3O5S/c1-28-17-7-6-16(21-19(24)13-8-10-23(25)11-9-13)12-18(17)29(26,27)22-15-4-2-14(20)3-5-15/h2-12,22H,1H3,(H,21,24). The fourth-order valence-corrected chi connectivity index (χ4v) is 3.84. The number of benzene rings is 2. The van der Waals surface area contributed by atoms with Crippen LogP contribution in [0.3, 0.4) is 0 Å². The number of anilines is 2. The van der Waals surface area contributed by atoms with Crippen molar-refractivity contribution >= 4 is 38.9 Å². The summed E-state index contributed by atoms with van der Waals surface area (Å²) >= 11 is 5.82. The Balaban J connectivity index is 1.88. The topological polar surface area (TPSA) is 111 Å². The van der Waals surface area contributed by atoms with Gasteiger partial charge in [-0.3, -0.25) is 9.52 Å². The van der Waals surface area contributed by atoms with Gasteiger partial charge >= 0.3 is 0 Å².